The van der Waals surface area contributed by atoms with Crippen molar-refractivity contribution in [2.24, 2.45) is 0 Å². The fourth-order valence-electron chi connectivity index (χ4n) is 7.38. The van der Waals surface area contributed by atoms with E-state index in [0.29, 0.717) is 19.3 Å². The summed E-state index contributed by atoms with van der Waals surface area (Å²) in [6, 6.07) is 0. The summed E-state index contributed by atoms with van der Waals surface area (Å²) in [6.45, 7) is 6.64. The summed E-state index contributed by atoms with van der Waals surface area (Å²) in [4.78, 5) is 37.7. The van der Waals surface area contributed by atoms with Crippen LogP contribution in [0.1, 0.15) is 278 Å². The number of hydrogen-bond acceptors (Lipinski definition) is 6. The quantitative estimate of drug-likeness (QED) is 0.0348. The molecule has 0 aliphatic heterocycles. The molecule has 0 N–H and O–H groups in total. The zero-order valence-electron chi connectivity index (χ0n) is 37.2. The molecule has 0 fully saturated rings. The lowest BCUT2D eigenvalue weighted by Gasteiger charge is -2.18. The third kappa shape index (κ3) is 43.4. The number of esters is 3. The number of ether oxygens (including phenoxy) is 3. The third-order valence-electron chi connectivity index (χ3n) is 11.1. The Balaban J connectivity index is 4.23. The standard InChI is InChI=1S/C49H94O6/c1-4-7-10-13-16-19-21-22-23-24-25-26-28-30-33-36-39-42-48(51)54-45-46(44-53-47(50)41-38-35-32-29-18-15-12-9-6-3)55-49(52)43-40-37-34-31-27-20-17-14-11-8-5-2/h46H,4-45H2,1-3H3/t46-/m0/s1. The molecule has 0 amide bonds. The van der Waals surface area contributed by atoms with E-state index in [9.17, 15) is 14.4 Å². The summed E-state index contributed by atoms with van der Waals surface area (Å²) >= 11 is 0. The summed E-state index contributed by atoms with van der Waals surface area (Å²) in [5, 5.41) is 0. The Kier molecular flexibility index (Phi) is 43.8. The molecule has 0 rings (SSSR count). The molecule has 0 bridgehead atoms. The summed E-state index contributed by atoms with van der Waals surface area (Å²) in [5.74, 6) is -0.849. The van der Waals surface area contributed by atoms with Gasteiger partial charge in [0.1, 0.15) is 13.2 Å². The molecule has 0 heterocycles. The fourth-order valence-corrected chi connectivity index (χ4v) is 7.38. The molecule has 1 atom stereocenters. The number of rotatable bonds is 45. The van der Waals surface area contributed by atoms with E-state index in [1.54, 1.807) is 0 Å². The molecule has 0 spiro atoms. The van der Waals surface area contributed by atoms with Crippen molar-refractivity contribution in [1.29, 1.82) is 0 Å². The summed E-state index contributed by atoms with van der Waals surface area (Å²) in [5.41, 5.74) is 0. The number of carbonyl (C=O) groups is 3. The van der Waals surface area contributed by atoms with Crippen LogP contribution in [0.15, 0.2) is 0 Å². The second kappa shape index (κ2) is 45.1. The topological polar surface area (TPSA) is 78.9 Å². The first-order chi connectivity index (χ1) is 27.0. The van der Waals surface area contributed by atoms with E-state index >= 15 is 0 Å². The third-order valence-corrected chi connectivity index (χ3v) is 11.1. The Morgan fingerprint density at radius 1 is 0.291 bits per heavy atom. The fraction of sp³-hybridized carbons (Fsp3) is 0.939. The highest BCUT2D eigenvalue weighted by atomic mass is 16.6. The maximum atomic E-state index is 12.7. The first-order valence-electron chi connectivity index (χ1n) is 24.5. The molecule has 6 heteroatoms. The predicted octanol–water partition coefficient (Wildman–Crippen LogP) is 15.6. The van der Waals surface area contributed by atoms with Crippen molar-refractivity contribution in [3.05, 3.63) is 0 Å². The van der Waals surface area contributed by atoms with Crippen molar-refractivity contribution < 1.29 is 28.6 Å². The van der Waals surface area contributed by atoms with Crippen LogP contribution in [-0.2, 0) is 28.6 Å². The van der Waals surface area contributed by atoms with Gasteiger partial charge in [-0.1, -0.05) is 239 Å². The van der Waals surface area contributed by atoms with E-state index in [-0.39, 0.29) is 31.1 Å². The maximum Gasteiger partial charge on any atom is 0.306 e. The maximum absolute atomic E-state index is 12.7. The molecule has 0 aromatic rings. The van der Waals surface area contributed by atoms with Gasteiger partial charge in [0.05, 0.1) is 0 Å². The van der Waals surface area contributed by atoms with Crippen molar-refractivity contribution >= 4 is 17.9 Å². The van der Waals surface area contributed by atoms with Crippen LogP contribution < -0.4 is 0 Å². The molecule has 0 unspecified atom stereocenters. The van der Waals surface area contributed by atoms with Crippen LogP contribution in [0.4, 0.5) is 0 Å². The van der Waals surface area contributed by atoms with Gasteiger partial charge in [0.15, 0.2) is 6.10 Å². The Labute approximate surface area is 342 Å². The second-order valence-electron chi connectivity index (χ2n) is 16.7. The van der Waals surface area contributed by atoms with E-state index in [4.69, 9.17) is 14.2 Å². The minimum absolute atomic E-state index is 0.0624. The molecule has 55 heavy (non-hydrogen) atoms. The van der Waals surface area contributed by atoms with Gasteiger partial charge in [-0.3, -0.25) is 14.4 Å². The monoisotopic (exact) mass is 779 g/mol. The van der Waals surface area contributed by atoms with Gasteiger partial charge in [-0.25, -0.2) is 0 Å². The van der Waals surface area contributed by atoms with Crippen molar-refractivity contribution in [3.8, 4) is 0 Å². The van der Waals surface area contributed by atoms with E-state index in [0.717, 1.165) is 57.8 Å². The zero-order chi connectivity index (χ0) is 40.1. The minimum Gasteiger partial charge on any atom is -0.462 e. The lowest BCUT2D eigenvalue weighted by atomic mass is 10.0. The van der Waals surface area contributed by atoms with Crippen LogP contribution in [0.5, 0.6) is 0 Å². The van der Waals surface area contributed by atoms with Crippen molar-refractivity contribution in [1.82, 2.24) is 0 Å². The first kappa shape index (κ1) is 53.4. The molecule has 0 saturated carbocycles. The smallest absolute Gasteiger partial charge is 0.306 e. The predicted molar refractivity (Wildman–Crippen MR) is 233 cm³/mol. The van der Waals surface area contributed by atoms with Gasteiger partial charge in [-0.05, 0) is 19.3 Å². The lowest BCUT2D eigenvalue weighted by Crippen LogP contribution is -2.30. The number of hydrogen-bond donors (Lipinski definition) is 0. The highest BCUT2D eigenvalue weighted by molar-refractivity contribution is 5.71. The largest absolute Gasteiger partial charge is 0.462 e. The normalized spacial score (nSPS) is 11.8. The van der Waals surface area contributed by atoms with Crippen LogP contribution in [0.2, 0.25) is 0 Å². The van der Waals surface area contributed by atoms with Crippen LogP contribution in [0.3, 0.4) is 0 Å². The van der Waals surface area contributed by atoms with Gasteiger partial charge < -0.3 is 14.2 Å². The SMILES string of the molecule is CCCCCCCCCCCCCCCCCCCC(=O)OC[C@H](COC(=O)CCCCCCCCCCC)OC(=O)CCCCCCCCCCCCC. The molecule has 0 radical (unpaired) electrons. The molecule has 0 aliphatic rings. The Bertz CT molecular complexity index is 813. The zero-order valence-corrected chi connectivity index (χ0v) is 37.2. The highest BCUT2D eigenvalue weighted by Crippen LogP contribution is 2.16. The van der Waals surface area contributed by atoms with Crippen LogP contribution in [0.25, 0.3) is 0 Å². The Hall–Kier alpha value is -1.59. The Morgan fingerprint density at radius 3 is 0.727 bits per heavy atom. The van der Waals surface area contributed by atoms with Gasteiger partial charge in [-0.15, -0.1) is 0 Å². The molecular formula is C49H94O6. The Morgan fingerprint density at radius 2 is 0.491 bits per heavy atom. The molecule has 0 saturated heterocycles. The van der Waals surface area contributed by atoms with Crippen LogP contribution in [0, 0.1) is 0 Å². The summed E-state index contributed by atoms with van der Waals surface area (Å²) < 4.78 is 16.7. The number of carbonyl (C=O) groups excluding carboxylic acids is 3. The van der Waals surface area contributed by atoms with Crippen molar-refractivity contribution in [2.45, 2.75) is 284 Å². The van der Waals surface area contributed by atoms with Crippen molar-refractivity contribution in [2.75, 3.05) is 13.2 Å². The lowest BCUT2D eigenvalue weighted by molar-refractivity contribution is -0.167. The molecular weight excluding hydrogens is 685 g/mol. The summed E-state index contributed by atoms with van der Waals surface area (Å²) in [6.07, 6.45) is 46.6. The summed E-state index contributed by atoms with van der Waals surface area (Å²) in [7, 11) is 0. The van der Waals surface area contributed by atoms with Crippen LogP contribution in [-0.4, -0.2) is 37.2 Å². The molecule has 6 nitrogen and oxygen atoms in total. The minimum atomic E-state index is -0.758. The van der Waals surface area contributed by atoms with Gasteiger partial charge in [0.2, 0.25) is 0 Å². The second-order valence-corrected chi connectivity index (χ2v) is 16.7. The average Bonchev–Trinajstić information content (AvgIpc) is 3.18. The van der Waals surface area contributed by atoms with E-state index in [1.165, 1.54) is 180 Å². The van der Waals surface area contributed by atoms with E-state index < -0.39 is 6.10 Å². The van der Waals surface area contributed by atoms with Gasteiger partial charge in [0.25, 0.3) is 0 Å². The van der Waals surface area contributed by atoms with Gasteiger partial charge in [0, 0.05) is 19.3 Å². The highest BCUT2D eigenvalue weighted by Gasteiger charge is 2.19. The molecule has 0 aliphatic carbocycles. The average molecular weight is 779 g/mol. The van der Waals surface area contributed by atoms with Crippen molar-refractivity contribution in [3.63, 3.8) is 0 Å². The van der Waals surface area contributed by atoms with E-state index in [2.05, 4.69) is 20.8 Å². The van der Waals surface area contributed by atoms with E-state index in [1.807, 2.05) is 0 Å². The van der Waals surface area contributed by atoms with Crippen LogP contribution >= 0.6 is 0 Å². The number of unbranched alkanes of at least 4 members (excludes halogenated alkanes) is 34. The van der Waals surface area contributed by atoms with Gasteiger partial charge in [-0.2, -0.15) is 0 Å². The van der Waals surface area contributed by atoms with Gasteiger partial charge >= 0.3 is 17.9 Å². The first-order valence-corrected chi connectivity index (χ1v) is 24.5. The molecule has 326 valence electrons. The molecule has 0 aromatic heterocycles. The molecule has 0 aromatic carbocycles.